The maximum Gasteiger partial charge on any atom is 0.408 e. The molecule has 0 aromatic carbocycles. The number of imidazole rings is 1. The summed E-state index contributed by atoms with van der Waals surface area (Å²) < 4.78 is 7.24. The Kier molecular flexibility index (Phi) is 7.93. The minimum atomic E-state index is -0.654. The number of carbonyl (C=O) groups is 2. The van der Waals surface area contributed by atoms with Crippen LogP contribution in [0.3, 0.4) is 0 Å². The summed E-state index contributed by atoms with van der Waals surface area (Å²) in [6, 6.07) is -0.289. The zero-order valence-electron chi connectivity index (χ0n) is 16.3. The summed E-state index contributed by atoms with van der Waals surface area (Å²) in [5, 5.41) is 5.42. The third-order valence-corrected chi connectivity index (χ3v) is 3.80. The molecule has 1 aromatic rings. The predicted molar refractivity (Wildman–Crippen MR) is 98.5 cm³/mol. The predicted octanol–water partition coefficient (Wildman–Crippen LogP) is 3.88. The Hall–Kier alpha value is -2.05. The summed E-state index contributed by atoms with van der Waals surface area (Å²) in [4.78, 5) is 28.7. The van der Waals surface area contributed by atoms with Crippen LogP contribution >= 0.6 is 0 Å². The van der Waals surface area contributed by atoms with E-state index in [1.807, 2.05) is 17.7 Å². The van der Waals surface area contributed by atoms with Gasteiger partial charge in [0.1, 0.15) is 11.6 Å². The first-order valence-corrected chi connectivity index (χ1v) is 9.03. The van der Waals surface area contributed by atoms with Gasteiger partial charge in [-0.15, -0.1) is 0 Å². The maximum absolute atomic E-state index is 12.5. The van der Waals surface area contributed by atoms with Gasteiger partial charge in [-0.05, 0) is 40.0 Å². The Labute approximate surface area is 150 Å². The van der Waals surface area contributed by atoms with Crippen molar-refractivity contribution in [2.24, 2.45) is 0 Å². The average Bonchev–Trinajstić information content (AvgIpc) is 2.94. The van der Waals surface area contributed by atoms with Crippen LogP contribution in [0.15, 0.2) is 12.5 Å². The number of nitrogens with zero attached hydrogens (tertiary/aromatic N) is 2. The van der Waals surface area contributed by atoms with Gasteiger partial charge in [-0.3, -0.25) is 4.79 Å². The molecule has 7 heteroatoms. The molecule has 0 aliphatic rings. The molecule has 142 valence electrons. The monoisotopic (exact) mass is 352 g/mol. The van der Waals surface area contributed by atoms with Crippen LogP contribution in [0.1, 0.15) is 73.3 Å². The first-order valence-electron chi connectivity index (χ1n) is 9.03. The topological polar surface area (TPSA) is 85.2 Å². The number of hydrogen-bond acceptors (Lipinski definition) is 4. The van der Waals surface area contributed by atoms with Crippen LogP contribution in [0, 0.1) is 0 Å². The van der Waals surface area contributed by atoms with Crippen molar-refractivity contribution in [2.45, 2.75) is 84.9 Å². The van der Waals surface area contributed by atoms with Gasteiger partial charge in [-0.25, -0.2) is 9.78 Å². The summed E-state index contributed by atoms with van der Waals surface area (Å²) in [6.45, 7) is 11.5. The van der Waals surface area contributed by atoms with Gasteiger partial charge in [-0.2, -0.15) is 0 Å². The smallest absolute Gasteiger partial charge is 0.408 e. The van der Waals surface area contributed by atoms with E-state index in [1.165, 1.54) is 0 Å². The second-order valence-corrected chi connectivity index (χ2v) is 7.15. The SMILES string of the molecule is CCCC(NC(=O)OC(C)(C)C)C(=O)Nc1cn(C(CC)CC)cn1. The van der Waals surface area contributed by atoms with E-state index in [2.05, 4.69) is 29.5 Å². The number of amides is 2. The van der Waals surface area contributed by atoms with E-state index in [0.29, 0.717) is 18.3 Å². The Balaban J connectivity index is 2.71. The van der Waals surface area contributed by atoms with Gasteiger partial charge >= 0.3 is 6.09 Å². The average molecular weight is 352 g/mol. The lowest BCUT2D eigenvalue weighted by Crippen LogP contribution is -2.45. The minimum absolute atomic E-state index is 0.289. The van der Waals surface area contributed by atoms with Crippen molar-refractivity contribution in [3.05, 3.63) is 12.5 Å². The summed E-state index contributed by atoms with van der Waals surface area (Å²) in [5.41, 5.74) is -0.606. The number of hydrogen-bond donors (Lipinski definition) is 2. The molecule has 1 aromatic heterocycles. The molecular formula is C18H32N4O3. The van der Waals surface area contributed by atoms with Crippen LogP contribution in [-0.2, 0) is 9.53 Å². The highest BCUT2D eigenvalue weighted by atomic mass is 16.6. The molecule has 0 saturated heterocycles. The zero-order valence-corrected chi connectivity index (χ0v) is 16.3. The van der Waals surface area contributed by atoms with Crippen LogP contribution in [0.2, 0.25) is 0 Å². The van der Waals surface area contributed by atoms with Crippen LogP contribution in [-0.4, -0.2) is 33.2 Å². The molecule has 25 heavy (non-hydrogen) atoms. The van der Waals surface area contributed by atoms with Crippen LogP contribution < -0.4 is 10.6 Å². The van der Waals surface area contributed by atoms with Gasteiger partial charge in [0, 0.05) is 12.2 Å². The standard InChI is InChI=1S/C18H32N4O3/c1-7-10-14(20-17(24)25-18(4,5)6)16(23)21-15-11-22(12-19-15)13(8-2)9-3/h11-14H,7-10H2,1-6H3,(H,20,24)(H,21,23). The fraction of sp³-hybridized carbons (Fsp3) is 0.722. The highest BCUT2D eigenvalue weighted by Gasteiger charge is 2.24. The number of rotatable bonds is 8. The highest BCUT2D eigenvalue weighted by Crippen LogP contribution is 2.17. The second kappa shape index (κ2) is 9.44. The van der Waals surface area contributed by atoms with E-state index < -0.39 is 17.7 Å². The fourth-order valence-corrected chi connectivity index (χ4v) is 2.53. The van der Waals surface area contributed by atoms with Gasteiger partial charge in [0.25, 0.3) is 0 Å². The Morgan fingerprint density at radius 2 is 1.88 bits per heavy atom. The van der Waals surface area contributed by atoms with E-state index in [4.69, 9.17) is 4.74 Å². The van der Waals surface area contributed by atoms with Crippen molar-refractivity contribution in [3.8, 4) is 0 Å². The summed E-state index contributed by atoms with van der Waals surface area (Å²) in [5.74, 6) is 0.200. The van der Waals surface area contributed by atoms with Gasteiger partial charge < -0.3 is 19.9 Å². The molecule has 0 bridgehead atoms. The molecule has 1 rings (SSSR count). The van der Waals surface area contributed by atoms with Crippen molar-refractivity contribution >= 4 is 17.8 Å². The molecule has 0 radical (unpaired) electrons. The number of nitrogens with one attached hydrogen (secondary N) is 2. The van der Waals surface area contributed by atoms with Crippen LogP contribution in [0.25, 0.3) is 0 Å². The number of anilines is 1. The van der Waals surface area contributed by atoms with Gasteiger partial charge in [0.05, 0.1) is 6.33 Å². The van der Waals surface area contributed by atoms with Crippen LogP contribution in [0.4, 0.5) is 10.6 Å². The van der Waals surface area contributed by atoms with E-state index in [-0.39, 0.29) is 5.91 Å². The molecule has 7 nitrogen and oxygen atoms in total. The first-order chi connectivity index (χ1) is 11.7. The number of carbonyl (C=O) groups excluding carboxylic acids is 2. The van der Waals surface area contributed by atoms with Crippen LogP contribution in [0.5, 0.6) is 0 Å². The third-order valence-electron chi connectivity index (χ3n) is 3.80. The Bertz CT molecular complexity index is 559. The molecule has 2 amide bonds. The molecule has 1 unspecified atom stereocenters. The largest absolute Gasteiger partial charge is 0.444 e. The van der Waals surface area contributed by atoms with Gasteiger partial charge in [0.15, 0.2) is 5.82 Å². The van der Waals surface area contributed by atoms with Crippen molar-refractivity contribution in [1.29, 1.82) is 0 Å². The lowest BCUT2D eigenvalue weighted by Gasteiger charge is -2.23. The van der Waals surface area contributed by atoms with E-state index >= 15 is 0 Å². The summed E-state index contributed by atoms with van der Waals surface area (Å²) in [6.07, 6.45) is 6.24. The Morgan fingerprint density at radius 3 is 2.40 bits per heavy atom. The zero-order chi connectivity index (χ0) is 19.0. The molecule has 0 fully saturated rings. The third kappa shape index (κ3) is 7.15. The minimum Gasteiger partial charge on any atom is -0.444 e. The van der Waals surface area contributed by atoms with E-state index in [9.17, 15) is 9.59 Å². The molecule has 2 N–H and O–H groups in total. The number of ether oxygens (including phenoxy) is 1. The van der Waals surface area contributed by atoms with Crippen molar-refractivity contribution in [1.82, 2.24) is 14.9 Å². The molecule has 0 spiro atoms. The first kappa shape index (κ1) is 21.0. The fourth-order valence-electron chi connectivity index (χ4n) is 2.53. The summed E-state index contributed by atoms with van der Waals surface area (Å²) >= 11 is 0. The summed E-state index contributed by atoms with van der Waals surface area (Å²) in [7, 11) is 0. The van der Waals surface area contributed by atoms with Crippen molar-refractivity contribution < 1.29 is 14.3 Å². The molecule has 1 atom stereocenters. The normalized spacial score (nSPS) is 12.8. The molecule has 0 aliphatic carbocycles. The Morgan fingerprint density at radius 1 is 1.24 bits per heavy atom. The van der Waals surface area contributed by atoms with E-state index in [0.717, 1.165) is 19.3 Å². The molecule has 1 heterocycles. The maximum atomic E-state index is 12.5. The number of alkyl carbamates (subject to hydrolysis) is 1. The molecule has 0 saturated carbocycles. The van der Waals surface area contributed by atoms with Crippen molar-refractivity contribution in [3.63, 3.8) is 0 Å². The highest BCUT2D eigenvalue weighted by molar-refractivity contribution is 5.95. The molecular weight excluding hydrogens is 320 g/mol. The van der Waals surface area contributed by atoms with Gasteiger partial charge in [-0.1, -0.05) is 27.2 Å². The van der Waals surface area contributed by atoms with E-state index in [1.54, 1.807) is 27.1 Å². The lowest BCUT2D eigenvalue weighted by atomic mass is 10.1. The number of aromatic nitrogens is 2. The lowest BCUT2D eigenvalue weighted by molar-refractivity contribution is -0.118. The van der Waals surface area contributed by atoms with Gasteiger partial charge in [0.2, 0.25) is 5.91 Å². The molecule has 0 aliphatic heterocycles. The van der Waals surface area contributed by atoms with Crippen molar-refractivity contribution in [2.75, 3.05) is 5.32 Å². The quantitative estimate of drug-likeness (QED) is 0.743. The second-order valence-electron chi connectivity index (χ2n) is 7.15.